The molecule has 1 unspecified atom stereocenters. The Bertz CT molecular complexity index is 829. The van der Waals surface area contributed by atoms with Gasteiger partial charge in [-0.3, -0.25) is 9.48 Å². The third-order valence-corrected chi connectivity index (χ3v) is 5.42. The van der Waals surface area contributed by atoms with Crippen LogP contribution in [-0.4, -0.2) is 32.8 Å². The standard InChI is InChI=1S/C21H29N3O3/c1-21(2,3)18(20(26)27)22-19(25)17-15-11-7-8-12-16(15)24(23-17)13-14-9-5-4-6-10-14/h7-8,11-12,14,18H,4-6,9-10,13H2,1-3H3,(H,22,25)(H,26,27). The summed E-state index contributed by atoms with van der Waals surface area (Å²) in [6.07, 6.45) is 6.20. The van der Waals surface area contributed by atoms with E-state index in [1.807, 2.05) is 28.9 Å². The average molecular weight is 371 g/mol. The second-order valence-electron chi connectivity index (χ2n) is 8.66. The number of fused-ring (bicyclic) bond motifs is 1. The molecule has 0 bridgehead atoms. The van der Waals surface area contributed by atoms with Crippen molar-refractivity contribution < 1.29 is 14.7 Å². The van der Waals surface area contributed by atoms with Crippen molar-refractivity contribution in [2.75, 3.05) is 0 Å². The van der Waals surface area contributed by atoms with Crippen molar-refractivity contribution in [3.63, 3.8) is 0 Å². The van der Waals surface area contributed by atoms with Gasteiger partial charge in [-0.05, 0) is 30.2 Å². The first kappa shape index (κ1) is 19.4. The zero-order valence-corrected chi connectivity index (χ0v) is 16.4. The minimum absolute atomic E-state index is 0.303. The molecule has 0 aliphatic heterocycles. The Morgan fingerprint density at radius 2 is 1.89 bits per heavy atom. The molecule has 6 nitrogen and oxygen atoms in total. The molecule has 1 amide bonds. The maximum Gasteiger partial charge on any atom is 0.326 e. The molecule has 6 heteroatoms. The molecule has 1 aromatic carbocycles. The van der Waals surface area contributed by atoms with Gasteiger partial charge in [0.15, 0.2) is 5.69 Å². The molecule has 1 aliphatic rings. The van der Waals surface area contributed by atoms with Gasteiger partial charge >= 0.3 is 5.97 Å². The minimum atomic E-state index is -1.04. The normalized spacial score (nSPS) is 17.0. The molecule has 1 saturated carbocycles. The molecule has 1 heterocycles. The molecular weight excluding hydrogens is 342 g/mol. The second-order valence-corrected chi connectivity index (χ2v) is 8.66. The predicted octanol–water partition coefficient (Wildman–Crippen LogP) is 3.85. The number of benzene rings is 1. The molecule has 27 heavy (non-hydrogen) atoms. The highest BCUT2D eigenvalue weighted by Gasteiger charge is 2.34. The third-order valence-electron chi connectivity index (χ3n) is 5.42. The quantitative estimate of drug-likeness (QED) is 0.836. The molecule has 0 saturated heterocycles. The zero-order chi connectivity index (χ0) is 19.6. The van der Waals surface area contributed by atoms with Crippen LogP contribution >= 0.6 is 0 Å². The van der Waals surface area contributed by atoms with E-state index in [0.29, 0.717) is 11.6 Å². The number of carbonyl (C=O) groups excluding carboxylic acids is 1. The summed E-state index contributed by atoms with van der Waals surface area (Å²) in [4.78, 5) is 24.5. The Labute approximate surface area is 159 Å². The maximum atomic E-state index is 12.9. The Morgan fingerprint density at radius 1 is 1.22 bits per heavy atom. The van der Waals surface area contributed by atoms with E-state index < -0.39 is 23.3 Å². The highest BCUT2D eigenvalue weighted by atomic mass is 16.4. The molecule has 1 aliphatic carbocycles. The van der Waals surface area contributed by atoms with Gasteiger partial charge in [0.05, 0.1) is 5.52 Å². The lowest BCUT2D eigenvalue weighted by molar-refractivity contribution is -0.142. The van der Waals surface area contributed by atoms with Crippen molar-refractivity contribution in [1.29, 1.82) is 0 Å². The summed E-state index contributed by atoms with van der Waals surface area (Å²) in [5.41, 5.74) is 0.634. The molecular formula is C21H29N3O3. The summed E-state index contributed by atoms with van der Waals surface area (Å²) < 4.78 is 1.92. The number of carbonyl (C=O) groups is 2. The zero-order valence-electron chi connectivity index (χ0n) is 16.4. The van der Waals surface area contributed by atoms with Crippen molar-refractivity contribution in [3.8, 4) is 0 Å². The van der Waals surface area contributed by atoms with Crippen molar-refractivity contribution in [2.24, 2.45) is 11.3 Å². The van der Waals surface area contributed by atoms with Gasteiger partial charge < -0.3 is 10.4 Å². The molecule has 146 valence electrons. The van der Waals surface area contributed by atoms with Crippen molar-refractivity contribution >= 4 is 22.8 Å². The first-order valence-corrected chi connectivity index (χ1v) is 9.76. The van der Waals surface area contributed by atoms with Crippen LogP contribution in [0.2, 0.25) is 0 Å². The summed E-state index contributed by atoms with van der Waals surface area (Å²) in [5, 5.41) is 17.5. The lowest BCUT2D eigenvalue weighted by Gasteiger charge is -2.27. The maximum absolute atomic E-state index is 12.9. The van der Waals surface area contributed by atoms with E-state index in [9.17, 15) is 14.7 Å². The number of amides is 1. The van der Waals surface area contributed by atoms with Crippen LogP contribution in [-0.2, 0) is 11.3 Å². The summed E-state index contributed by atoms with van der Waals surface area (Å²) in [7, 11) is 0. The van der Waals surface area contributed by atoms with E-state index in [4.69, 9.17) is 0 Å². The van der Waals surface area contributed by atoms with E-state index in [-0.39, 0.29) is 0 Å². The Hall–Kier alpha value is -2.37. The van der Waals surface area contributed by atoms with Crippen LogP contribution in [0.15, 0.2) is 24.3 Å². The van der Waals surface area contributed by atoms with E-state index in [2.05, 4.69) is 10.4 Å². The van der Waals surface area contributed by atoms with Crippen LogP contribution in [0.5, 0.6) is 0 Å². The molecule has 2 aromatic rings. The van der Waals surface area contributed by atoms with E-state index >= 15 is 0 Å². The number of rotatable bonds is 5. The molecule has 0 radical (unpaired) electrons. The van der Waals surface area contributed by atoms with Gasteiger partial charge in [-0.2, -0.15) is 5.10 Å². The summed E-state index contributed by atoms with van der Waals surface area (Å²) in [6, 6.07) is 6.69. The van der Waals surface area contributed by atoms with Crippen LogP contribution in [0.4, 0.5) is 0 Å². The van der Waals surface area contributed by atoms with Gasteiger partial charge in [-0.1, -0.05) is 58.2 Å². The minimum Gasteiger partial charge on any atom is -0.480 e. The Balaban J connectivity index is 1.89. The smallest absolute Gasteiger partial charge is 0.326 e. The fourth-order valence-electron chi connectivity index (χ4n) is 3.90. The van der Waals surface area contributed by atoms with E-state index in [0.717, 1.165) is 17.4 Å². The Kier molecular flexibility index (Phi) is 5.53. The van der Waals surface area contributed by atoms with Crippen molar-refractivity contribution in [2.45, 2.75) is 65.5 Å². The predicted molar refractivity (Wildman–Crippen MR) is 105 cm³/mol. The molecule has 1 fully saturated rings. The molecule has 2 N–H and O–H groups in total. The number of nitrogens with zero attached hydrogens (tertiary/aromatic N) is 2. The van der Waals surface area contributed by atoms with Gasteiger partial charge in [0.1, 0.15) is 6.04 Å². The molecule has 1 atom stereocenters. The molecule has 1 aromatic heterocycles. The highest BCUT2D eigenvalue weighted by molar-refractivity contribution is 6.06. The SMILES string of the molecule is CC(C)(C)C(NC(=O)c1nn(CC2CCCCC2)c2ccccc12)C(=O)O. The van der Waals surface area contributed by atoms with Crippen LogP contribution in [0.3, 0.4) is 0 Å². The van der Waals surface area contributed by atoms with E-state index in [1.165, 1.54) is 32.1 Å². The number of nitrogens with one attached hydrogen (secondary N) is 1. The lowest BCUT2D eigenvalue weighted by Crippen LogP contribution is -2.49. The number of carboxylic acids is 1. The fourth-order valence-corrected chi connectivity index (χ4v) is 3.90. The van der Waals surface area contributed by atoms with Gasteiger partial charge in [-0.15, -0.1) is 0 Å². The summed E-state index contributed by atoms with van der Waals surface area (Å²) in [6.45, 7) is 6.19. The lowest BCUT2D eigenvalue weighted by atomic mass is 9.86. The van der Waals surface area contributed by atoms with Crippen molar-refractivity contribution in [1.82, 2.24) is 15.1 Å². The van der Waals surface area contributed by atoms with Gasteiger partial charge in [0.25, 0.3) is 5.91 Å². The van der Waals surface area contributed by atoms with Crippen LogP contribution < -0.4 is 5.32 Å². The topological polar surface area (TPSA) is 84.2 Å². The molecule has 0 spiro atoms. The second kappa shape index (κ2) is 7.71. The summed E-state index contributed by atoms with van der Waals surface area (Å²) >= 11 is 0. The number of carboxylic acid groups (broad SMARTS) is 1. The third kappa shape index (κ3) is 4.31. The largest absolute Gasteiger partial charge is 0.480 e. The van der Waals surface area contributed by atoms with Crippen molar-refractivity contribution in [3.05, 3.63) is 30.0 Å². The number of aliphatic carboxylic acids is 1. The number of hydrogen-bond donors (Lipinski definition) is 2. The summed E-state index contributed by atoms with van der Waals surface area (Å²) in [5.74, 6) is -0.892. The van der Waals surface area contributed by atoms with Crippen LogP contribution in [0, 0.1) is 11.3 Å². The molecule has 3 rings (SSSR count). The monoisotopic (exact) mass is 371 g/mol. The first-order chi connectivity index (χ1) is 12.8. The van der Waals surface area contributed by atoms with Gasteiger partial charge in [-0.25, -0.2) is 4.79 Å². The number of aromatic nitrogens is 2. The van der Waals surface area contributed by atoms with Crippen LogP contribution in [0.1, 0.15) is 63.4 Å². The first-order valence-electron chi connectivity index (χ1n) is 9.76. The van der Waals surface area contributed by atoms with Crippen LogP contribution in [0.25, 0.3) is 10.9 Å². The van der Waals surface area contributed by atoms with E-state index in [1.54, 1.807) is 20.8 Å². The number of para-hydroxylation sites is 1. The highest BCUT2D eigenvalue weighted by Crippen LogP contribution is 2.27. The average Bonchev–Trinajstić information content (AvgIpc) is 2.98. The Morgan fingerprint density at radius 3 is 2.52 bits per heavy atom. The number of hydrogen-bond acceptors (Lipinski definition) is 3. The van der Waals surface area contributed by atoms with Gasteiger partial charge in [0.2, 0.25) is 0 Å². The van der Waals surface area contributed by atoms with Gasteiger partial charge in [0, 0.05) is 11.9 Å². The fraction of sp³-hybridized carbons (Fsp3) is 0.571.